The average Bonchev–Trinajstić information content (AvgIpc) is 3.10. The van der Waals surface area contributed by atoms with Crippen LogP contribution in [0, 0.1) is 6.92 Å². The molecule has 0 aliphatic heterocycles. The Kier molecular flexibility index (Phi) is 3.67. The van der Waals surface area contributed by atoms with E-state index in [-0.39, 0.29) is 5.92 Å². The zero-order valence-corrected chi connectivity index (χ0v) is 12.2. The molecule has 2 aromatic heterocycles. The highest BCUT2D eigenvalue weighted by Crippen LogP contribution is 2.29. The zero-order valence-electron chi connectivity index (χ0n) is 11.3. The van der Waals surface area contributed by atoms with E-state index in [0.717, 1.165) is 17.2 Å². The quantitative estimate of drug-likeness (QED) is 0.769. The van der Waals surface area contributed by atoms with E-state index in [1.165, 1.54) is 10.4 Å². The SMILES string of the molecule is Cc1[nH]c(C(CN)c2ccccc2)nc1-c1cccs1. The molecule has 1 atom stereocenters. The molecule has 0 bridgehead atoms. The Balaban J connectivity index is 2.00. The molecule has 2 heterocycles. The van der Waals surface area contributed by atoms with Crippen molar-refractivity contribution in [2.45, 2.75) is 12.8 Å². The summed E-state index contributed by atoms with van der Waals surface area (Å²) in [4.78, 5) is 9.36. The third-order valence-electron chi connectivity index (χ3n) is 3.43. The number of thiophene rings is 1. The van der Waals surface area contributed by atoms with Crippen molar-refractivity contribution in [3.63, 3.8) is 0 Å². The summed E-state index contributed by atoms with van der Waals surface area (Å²) in [5, 5.41) is 2.07. The van der Waals surface area contributed by atoms with E-state index in [1.807, 2.05) is 24.3 Å². The molecule has 3 aromatic rings. The Morgan fingerprint density at radius 2 is 2.00 bits per heavy atom. The number of nitrogens with zero attached hydrogens (tertiary/aromatic N) is 1. The number of nitrogens with one attached hydrogen (secondary N) is 1. The Morgan fingerprint density at radius 1 is 1.20 bits per heavy atom. The van der Waals surface area contributed by atoms with Gasteiger partial charge in [-0.1, -0.05) is 36.4 Å². The lowest BCUT2D eigenvalue weighted by molar-refractivity contribution is 0.764. The van der Waals surface area contributed by atoms with Crippen LogP contribution in [0.4, 0.5) is 0 Å². The second-order valence-corrected chi connectivity index (χ2v) is 5.72. The van der Waals surface area contributed by atoms with Crippen molar-refractivity contribution in [3.05, 3.63) is 64.9 Å². The van der Waals surface area contributed by atoms with Gasteiger partial charge in [0.2, 0.25) is 0 Å². The van der Waals surface area contributed by atoms with Crippen LogP contribution >= 0.6 is 11.3 Å². The highest BCUT2D eigenvalue weighted by molar-refractivity contribution is 7.13. The van der Waals surface area contributed by atoms with Gasteiger partial charge in [-0.25, -0.2) is 4.98 Å². The van der Waals surface area contributed by atoms with E-state index in [9.17, 15) is 0 Å². The molecule has 20 heavy (non-hydrogen) atoms. The van der Waals surface area contributed by atoms with Gasteiger partial charge in [0.05, 0.1) is 10.8 Å². The van der Waals surface area contributed by atoms with Crippen molar-refractivity contribution in [1.29, 1.82) is 0 Å². The first-order valence-corrected chi connectivity index (χ1v) is 7.53. The van der Waals surface area contributed by atoms with Crippen LogP contribution in [-0.2, 0) is 0 Å². The third kappa shape index (κ3) is 2.40. The number of rotatable bonds is 4. The Labute approximate surface area is 122 Å². The van der Waals surface area contributed by atoms with Crippen molar-refractivity contribution in [2.75, 3.05) is 6.54 Å². The number of aromatic nitrogens is 2. The lowest BCUT2D eigenvalue weighted by Crippen LogP contribution is -2.15. The van der Waals surface area contributed by atoms with Crippen molar-refractivity contribution < 1.29 is 0 Å². The monoisotopic (exact) mass is 283 g/mol. The van der Waals surface area contributed by atoms with Gasteiger partial charge in [0.25, 0.3) is 0 Å². The molecule has 0 saturated carbocycles. The fourth-order valence-corrected chi connectivity index (χ4v) is 3.16. The number of imidazole rings is 1. The number of hydrogen-bond donors (Lipinski definition) is 2. The maximum absolute atomic E-state index is 5.96. The van der Waals surface area contributed by atoms with Crippen LogP contribution in [0.15, 0.2) is 47.8 Å². The van der Waals surface area contributed by atoms with Gasteiger partial charge >= 0.3 is 0 Å². The smallest absolute Gasteiger partial charge is 0.115 e. The van der Waals surface area contributed by atoms with E-state index in [1.54, 1.807) is 11.3 Å². The molecule has 0 aliphatic rings. The molecule has 0 fully saturated rings. The molecule has 0 radical (unpaired) electrons. The molecule has 0 saturated heterocycles. The van der Waals surface area contributed by atoms with E-state index in [4.69, 9.17) is 10.7 Å². The van der Waals surface area contributed by atoms with E-state index in [0.29, 0.717) is 6.54 Å². The molecular formula is C16H17N3S. The number of hydrogen-bond acceptors (Lipinski definition) is 3. The van der Waals surface area contributed by atoms with Crippen molar-refractivity contribution >= 4 is 11.3 Å². The predicted octanol–water partition coefficient (Wildman–Crippen LogP) is 3.54. The molecular weight excluding hydrogens is 266 g/mol. The second kappa shape index (κ2) is 5.61. The summed E-state index contributed by atoms with van der Waals surface area (Å²) in [5.74, 6) is 1.06. The first-order chi connectivity index (χ1) is 9.79. The lowest BCUT2D eigenvalue weighted by Gasteiger charge is -2.12. The summed E-state index contributed by atoms with van der Waals surface area (Å²) in [6.07, 6.45) is 0. The van der Waals surface area contributed by atoms with Crippen LogP contribution in [0.1, 0.15) is 23.0 Å². The van der Waals surface area contributed by atoms with E-state index < -0.39 is 0 Å². The molecule has 1 aromatic carbocycles. The normalized spacial score (nSPS) is 12.5. The third-order valence-corrected chi connectivity index (χ3v) is 4.30. The fourth-order valence-electron chi connectivity index (χ4n) is 2.39. The topological polar surface area (TPSA) is 54.7 Å². The summed E-state index contributed by atoms with van der Waals surface area (Å²) >= 11 is 1.70. The number of nitrogens with two attached hydrogens (primary N) is 1. The van der Waals surface area contributed by atoms with Crippen molar-refractivity contribution in [1.82, 2.24) is 9.97 Å². The first kappa shape index (κ1) is 13.1. The van der Waals surface area contributed by atoms with Crippen molar-refractivity contribution in [2.24, 2.45) is 5.73 Å². The summed E-state index contributed by atoms with van der Waals surface area (Å²) in [7, 11) is 0. The number of H-pyrrole nitrogens is 1. The van der Waals surface area contributed by atoms with Gasteiger partial charge in [-0.15, -0.1) is 11.3 Å². The summed E-state index contributed by atoms with van der Waals surface area (Å²) in [5.41, 5.74) is 9.28. The van der Waals surface area contributed by atoms with Gasteiger partial charge in [-0.05, 0) is 23.9 Å². The van der Waals surface area contributed by atoms with Crippen LogP contribution in [0.2, 0.25) is 0 Å². The van der Waals surface area contributed by atoms with Gasteiger partial charge < -0.3 is 10.7 Å². The van der Waals surface area contributed by atoms with Crippen LogP contribution < -0.4 is 5.73 Å². The Hall–Kier alpha value is -1.91. The molecule has 0 spiro atoms. The highest BCUT2D eigenvalue weighted by Gasteiger charge is 2.18. The van der Waals surface area contributed by atoms with Crippen LogP contribution in [0.3, 0.4) is 0 Å². The predicted molar refractivity (Wildman–Crippen MR) is 84.0 cm³/mol. The molecule has 3 rings (SSSR count). The summed E-state index contributed by atoms with van der Waals surface area (Å²) < 4.78 is 0. The first-order valence-electron chi connectivity index (χ1n) is 6.65. The maximum atomic E-state index is 5.96. The second-order valence-electron chi connectivity index (χ2n) is 4.77. The van der Waals surface area contributed by atoms with Crippen molar-refractivity contribution in [3.8, 4) is 10.6 Å². The molecule has 1 unspecified atom stereocenters. The number of aromatic amines is 1. The van der Waals surface area contributed by atoms with Gasteiger partial charge in [0.15, 0.2) is 0 Å². The Morgan fingerprint density at radius 3 is 2.65 bits per heavy atom. The minimum Gasteiger partial charge on any atom is -0.345 e. The van der Waals surface area contributed by atoms with Gasteiger partial charge in [-0.3, -0.25) is 0 Å². The molecule has 4 heteroatoms. The van der Waals surface area contributed by atoms with Gasteiger partial charge in [0, 0.05) is 12.2 Å². The standard InChI is InChI=1S/C16H17N3S/c1-11-15(14-8-5-9-20-14)19-16(18-11)13(10-17)12-6-3-2-4-7-12/h2-9,13H,10,17H2,1H3,(H,18,19). The molecule has 3 nitrogen and oxygen atoms in total. The summed E-state index contributed by atoms with van der Waals surface area (Å²) in [6.45, 7) is 2.60. The van der Waals surface area contributed by atoms with Crippen LogP contribution in [0.25, 0.3) is 10.6 Å². The van der Waals surface area contributed by atoms with E-state index in [2.05, 4.69) is 35.5 Å². The van der Waals surface area contributed by atoms with Crippen LogP contribution in [-0.4, -0.2) is 16.5 Å². The largest absolute Gasteiger partial charge is 0.345 e. The summed E-state index contributed by atoms with van der Waals surface area (Å²) in [6, 6.07) is 14.4. The highest BCUT2D eigenvalue weighted by atomic mass is 32.1. The van der Waals surface area contributed by atoms with Gasteiger partial charge in [0.1, 0.15) is 11.5 Å². The van der Waals surface area contributed by atoms with Gasteiger partial charge in [-0.2, -0.15) is 0 Å². The number of aryl methyl sites for hydroxylation is 1. The van der Waals surface area contributed by atoms with E-state index >= 15 is 0 Å². The molecule has 0 amide bonds. The fraction of sp³-hybridized carbons (Fsp3) is 0.188. The van der Waals surface area contributed by atoms with Crippen LogP contribution in [0.5, 0.6) is 0 Å². The average molecular weight is 283 g/mol. The maximum Gasteiger partial charge on any atom is 0.115 e. The number of benzene rings is 1. The Bertz CT molecular complexity index is 671. The minimum absolute atomic E-state index is 0.114. The zero-order chi connectivity index (χ0) is 13.9. The molecule has 0 aliphatic carbocycles. The minimum atomic E-state index is 0.114. The lowest BCUT2D eigenvalue weighted by atomic mass is 9.99. The molecule has 102 valence electrons. The molecule has 3 N–H and O–H groups in total.